The first-order valence-corrected chi connectivity index (χ1v) is 20.1. The molecule has 0 amide bonds. The predicted octanol–water partition coefficient (Wildman–Crippen LogP) is 15.4. The van der Waals surface area contributed by atoms with E-state index in [2.05, 4.69) is 178 Å². The van der Waals surface area contributed by atoms with E-state index in [1.807, 2.05) is 24.3 Å². The molecule has 0 fully saturated rings. The van der Waals surface area contributed by atoms with Gasteiger partial charge >= 0.3 is 0 Å². The van der Waals surface area contributed by atoms with Gasteiger partial charge in [0.05, 0.1) is 0 Å². The van der Waals surface area contributed by atoms with Gasteiger partial charge in [0.2, 0.25) is 5.89 Å². The summed E-state index contributed by atoms with van der Waals surface area (Å²) < 4.78 is 6.14. The molecule has 12 rings (SSSR count). The number of fused-ring (bicyclic) bond motifs is 8. The Kier molecular flexibility index (Phi) is 7.01. The molecule has 2 nitrogen and oxygen atoms in total. The topological polar surface area (TPSA) is 26.0 Å². The van der Waals surface area contributed by atoms with Crippen LogP contribution in [-0.4, -0.2) is 4.98 Å². The molecule has 0 aliphatic heterocycles. The standard InChI is InChI=1S/C56H37NO/c1-56(2)49-22-8-7-19-41(49)45-32-47-48(33-50(45)56)54(43-21-12-16-36-14-4-6-18-40(36)43)46-31-38(29-30-44(46)53(47)42-20-11-15-35-13-3-5-17-39(35)42)34-25-27-37(28-26-34)55-57-51-23-9-10-24-52(51)58-55/h3-33H,1-2H3. The van der Waals surface area contributed by atoms with E-state index in [0.29, 0.717) is 5.89 Å². The molecule has 0 spiro atoms. The first-order chi connectivity index (χ1) is 28.5. The monoisotopic (exact) mass is 739 g/mol. The molecule has 0 saturated carbocycles. The molecule has 2 heteroatoms. The van der Waals surface area contributed by atoms with Crippen LogP contribution in [0.3, 0.4) is 0 Å². The fourth-order valence-corrected chi connectivity index (χ4v) is 9.87. The van der Waals surface area contributed by atoms with Gasteiger partial charge in [-0.25, -0.2) is 4.98 Å². The highest BCUT2D eigenvalue weighted by atomic mass is 16.3. The zero-order valence-electron chi connectivity index (χ0n) is 32.3. The molecule has 0 bridgehead atoms. The van der Waals surface area contributed by atoms with Crippen LogP contribution in [0, 0.1) is 0 Å². The van der Waals surface area contributed by atoms with Gasteiger partial charge < -0.3 is 4.42 Å². The van der Waals surface area contributed by atoms with Crippen molar-refractivity contribution in [2.45, 2.75) is 19.3 Å². The van der Waals surface area contributed by atoms with Gasteiger partial charge in [-0.15, -0.1) is 0 Å². The molecule has 1 aliphatic rings. The maximum atomic E-state index is 6.14. The van der Waals surface area contributed by atoms with Crippen LogP contribution in [0.25, 0.3) is 110 Å². The number of nitrogens with zero attached hydrogens (tertiary/aromatic N) is 1. The molecule has 0 saturated heterocycles. The van der Waals surface area contributed by atoms with Gasteiger partial charge in [-0.1, -0.05) is 159 Å². The van der Waals surface area contributed by atoms with Crippen molar-refractivity contribution in [1.82, 2.24) is 4.98 Å². The summed E-state index contributed by atoms with van der Waals surface area (Å²) in [5.74, 6) is 0.633. The largest absolute Gasteiger partial charge is 0.436 e. The first kappa shape index (κ1) is 32.9. The van der Waals surface area contributed by atoms with E-state index in [4.69, 9.17) is 9.40 Å². The number of oxazole rings is 1. The number of rotatable bonds is 4. The Balaban J connectivity index is 1.19. The van der Waals surface area contributed by atoms with Crippen LogP contribution < -0.4 is 0 Å². The van der Waals surface area contributed by atoms with Crippen LogP contribution in [0.4, 0.5) is 0 Å². The third-order valence-electron chi connectivity index (χ3n) is 12.7. The molecule has 11 aromatic rings. The van der Waals surface area contributed by atoms with Crippen molar-refractivity contribution in [3.05, 3.63) is 199 Å². The maximum absolute atomic E-state index is 6.14. The van der Waals surface area contributed by atoms with Crippen molar-refractivity contribution in [3.63, 3.8) is 0 Å². The minimum atomic E-state index is -0.150. The smallest absolute Gasteiger partial charge is 0.227 e. The fourth-order valence-electron chi connectivity index (χ4n) is 9.87. The lowest BCUT2D eigenvalue weighted by Gasteiger charge is -2.24. The van der Waals surface area contributed by atoms with Gasteiger partial charge in [0.25, 0.3) is 0 Å². The number of para-hydroxylation sites is 2. The first-order valence-electron chi connectivity index (χ1n) is 20.1. The van der Waals surface area contributed by atoms with Gasteiger partial charge in [-0.3, -0.25) is 0 Å². The van der Waals surface area contributed by atoms with Gasteiger partial charge in [-0.05, 0) is 141 Å². The second kappa shape index (κ2) is 12.4. The van der Waals surface area contributed by atoms with Crippen molar-refractivity contribution in [3.8, 4) is 56.0 Å². The molecule has 0 N–H and O–H groups in total. The molecule has 1 heterocycles. The van der Waals surface area contributed by atoms with Crippen molar-refractivity contribution in [2.24, 2.45) is 0 Å². The highest BCUT2D eigenvalue weighted by Gasteiger charge is 2.36. The Morgan fingerprint density at radius 1 is 0.379 bits per heavy atom. The number of aromatic nitrogens is 1. The lowest BCUT2D eigenvalue weighted by Crippen LogP contribution is -2.14. The van der Waals surface area contributed by atoms with Gasteiger partial charge in [-0.2, -0.15) is 0 Å². The van der Waals surface area contributed by atoms with Crippen LogP contribution in [0.2, 0.25) is 0 Å². The summed E-state index contributed by atoms with van der Waals surface area (Å²) in [4.78, 5) is 4.77. The van der Waals surface area contributed by atoms with E-state index in [9.17, 15) is 0 Å². The van der Waals surface area contributed by atoms with Gasteiger partial charge in [0.15, 0.2) is 5.58 Å². The number of benzene rings is 10. The molecule has 58 heavy (non-hydrogen) atoms. The normalized spacial score (nSPS) is 13.1. The molecule has 1 aromatic heterocycles. The third-order valence-corrected chi connectivity index (χ3v) is 12.7. The zero-order chi connectivity index (χ0) is 38.5. The van der Waals surface area contributed by atoms with Crippen molar-refractivity contribution in [1.29, 1.82) is 0 Å². The fraction of sp³-hybridized carbons (Fsp3) is 0.0536. The highest BCUT2D eigenvalue weighted by molar-refractivity contribution is 6.26. The van der Waals surface area contributed by atoms with Crippen LogP contribution in [0.5, 0.6) is 0 Å². The molecular weight excluding hydrogens is 703 g/mol. The van der Waals surface area contributed by atoms with E-state index in [1.54, 1.807) is 0 Å². The molecule has 272 valence electrons. The molecule has 0 radical (unpaired) electrons. The van der Waals surface area contributed by atoms with Crippen LogP contribution >= 0.6 is 0 Å². The Hall–Kier alpha value is -7.29. The Bertz CT molecular complexity index is 3430. The lowest BCUT2D eigenvalue weighted by molar-refractivity contribution is 0.620. The quantitative estimate of drug-likeness (QED) is 0.168. The molecule has 10 aromatic carbocycles. The SMILES string of the molecule is CC1(C)c2ccccc2-c2cc3c(-c4cccc5ccccc45)c4ccc(-c5ccc(-c6nc7ccccc7o6)cc5)cc4c(-c4cccc5ccccc45)c3cc21. The second-order valence-electron chi connectivity index (χ2n) is 16.2. The lowest BCUT2D eigenvalue weighted by atomic mass is 9.78. The average Bonchev–Trinajstić information content (AvgIpc) is 3.81. The van der Waals surface area contributed by atoms with Gasteiger partial charge in [0, 0.05) is 11.0 Å². The van der Waals surface area contributed by atoms with E-state index in [-0.39, 0.29) is 5.41 Å². The maximum Gasteiger partial charge on any atom is 0.227 e. The summed E-state index contributed by atoms with van der Waals surface area (Å²) in [5, 5.41) is 10.0. The van der Waals surface area contributed by atoms with E-state index in [0.717, 1.165) is 27.8 Å². The summed E-state index contributed by atoms with van der Waals surface area (Å²) in [6, 6.07) is 68.9. The van der Waals surface area contributed by atoms with Crippen molar-refractivity contribution < 1.29 is 4.42 Å². The average molecular weight is 740 g/mol. The highest BCUT2D eigenvalue weighted by Crippen LogP contribution is 2.54. The summed E-state index contributed by atoms with van der Waals surface area (Å²) in [6.45, 7) is 4.77. The summed E-state index contributed by atoms with van der Waals surface area (Å²) >= 11 is 0. The third kappa shape index (κ3) is 4.82. The van der Waals surface area contributed by atoms with Gasteiger partial charge in [0.1, 0.15) is 5.52 Å². The summed E-state index contributed by atoms with van der Waals surface area (Å²) in [6.07, 6.45) is 0. The Morgan fingerprint density at radius 3 is 1.67 bits per heavy atom. The molecule has 1 aliphatic carbocycles. The van der Waals surface area contributed by atoms with Crippen LogP contribution in [0.15, 0.2) is 192 Å². The second-order valence-corrected chi connectivity index (χ2v) is 16.2. The minimum absolute atomic E-state index is 0.150. The van der Waals surface area contributed by atoms with E-state index in [1.165, 1.54) is 87.6 Å². The molecular formula is C56H37NO. The minimum Gasteiger partial charge on any atom is -0.436 e. The zero-order valence-corrected chi connectivity index (χ0v) is 32.3. The van der Waals surface area contributed by atoms with E-state index >= 15 is 0 Å². The van der Waals surface area contributed by atoms with E-state index < -0.39 is 0 Å². The number of hydrogen-bond acceptors (Lipinski definition) is 2. The Labute approximate surface area is 336 Å². The predicted molar refractivity (Wildman–Crippen MR) is 243 cm³/mol. The van der Waals surface area contributed by atoms with Crippen LogP contribution in [0.1, 0.15) is 25.0 Å². The number of hydrogen-bond donors (Lipinski definition) is 0. The molecule has 0 unspecified atom stereocenters. The van der Waals surface area contributed by atoms with Crippen LogP contribution in [-0.2, 0) is 5.41 Å². The summed E-state index contributed by atoms with van der Waals surface area (Å²) in [5.41, 5.74) is 15.2. The summed E-state index contributed by atoms with van der Waals surface area (Å²) in [7, 11) is 0. The van der Waals surface area contributed by atoms with Crippen molar-refractivity contribution >= 4 is 54.2 Å². The Morgan fingerprint density at radius 2 is 0.931 bits per heavy atom. The molecule has 0 atom stereocenters. The van der Waals surface area contributed by atoms with Crippen molar-refractivity contribution in [2.75, 3.05) is 0 Å².